The maximum atomic E-state index is 3.34. The highest BCUT2D eigenvalue weighted by Crippen LogP contribution is 2.11. The van der Waals surface area contributed by atoms with E-state index < -0.39 is 0 Å². The maximum absolute atomic E-state index is 3.34. The van der Waals surface area contributed by atoms with Crippen molar-refractivity contribution in [1.29, 1.82) is 0 Å². The minimum absolute atomic E-state index is 0.768. The van der Waals surface area contributed by atoms with E-state index in [0.29, 0.717) is 0 Å². The van der Waals surface area contributed by atoms with Gasteiger partial charge in [0.2, 0.25) is 0 Å². The molecule has 0 aliphatic heterocycles. The molecule has 1 aliphatic carbocycles. The summed E-state index contributed by atoms with van der Waals surface area (Å²) in [6.45, 7) is 0. The van der Waals surface area contributed by atoms with Crippen LogP contribution in [0.3, 0.4) is 0 Å². The van der Waals surface area contributed by atoms with Gasteiger partial charge in [0.25, 0.3) is 0 Å². The molecule has 0 bridgehead atoms. The number of rotatable bonds is 1. The molecule has 0 aromatic heterocycles. The smallest absolute Gasteiger partial charge is 0.00671 e. The first-order chi connectivity index (χ1) is 4.93. The molecule has 10 heavy (non-hydrogen) atoms. The van der Waals surface area contributed by atoms with Crippen LogP contribution in [0.25, 0.3) is 0 Å². The molecule has 0 radical (unpaired) electrons. The molecular formula is C9H17N. The second kappa shape index (κ2) is 4.51. The van der Waals surface area contributed by atoms with Crippen molar-refractivity contribution in [2.24, 2.45) is 0 Å². The predicted octanol–water partition coefficient (Wildman–Crippen LogP) is 2.09. The first-order valence-electron chi connectivity index (χ1n) is 4.26. The molecule has 0 saturated heterocycles. The number of hydrogen-bond donors (Lipinski definition) is 1. The van der Waals surface area contributed by atoms with Crippen LogP contribution >= 0.6 is 0 Å². The monoisotopic (exact) mass is 139 g/mol. The van der Waals surface area contributed by atoms with Gasteiger partial charge in [-0.3, -0.25) is 0 Å². The molecule has 0 saturated carbocycles. The van der Waals surface area contributed by atoms with Crippen LogP contribution in [0.2, 0.25) is 0 Å². The molecule has 58 valence electrons. The predicted molar refractivity (Wildman–Crippen MR) is 45.1 cm³/mol. The Balaban J connectivity index is 2.27. The third kappa shape index (κ3) is 2.53. The molecule has 0 amide bonds. The van der Waals surface area contributed by atoms with Crippen molar-refractivity contribution >= 4 is 0 Å². The van der Waals surface area contributed by atoms with Crippen molar-refractivity contribution in [3.05, 3.63) is 12.2 Å². The van der Waals surface area contributed by atoms with Crippen LogP contribution in [0.4, 0.5) is 0 Å². The van der Waals surface area contributed by atoms with Gasteiger partial charge in [0, 0.05) is 6.04 Å². The largest absolute Gasteiger partial charge is 0.317 e. The van der Waals surface area contributed by atoms with Crippen molar-refractivity contribution < 1.29 is 0 Å². The topological polar surface area (TPSA) is 12.0 Å². The molecule has 1 rings (SSSR count). The summed E-state index contributed by atoms with van der Waals surface area (Å²) in [5.41, 5.74) is 0. The average Bonchev–Trinajstić information content (AvgIpc) is 1.87. The van der Waals surface area contributed by atoms with Crippen molar-refractivity contribution in [3.63, 3.8) is 0 Å². The summed E-state index contributed by atoms with van der Waals surface area (Å²) in [7, 11) is 2.07. The molecular weight excluding hydrogens is 122 g/mol. The van der Waals surface area contributed by atoms with Crippen LogP contribution < -0.4 is 5.32 Å². The Labute approximate surface area is 63.5 Å². The fraction of sp³-hybridized carbons (Fsp3) is 0.778. The summed E-state index contributed by atoms with van der Waals surface area (Å²) in [5.74, 6) is 0. The molecule has 0 unspecified atom stereocenters. The Morgan fingerprint density at radius 2 is 2.00 bits per heavy atom. The van der Waals surface area contributed by atoms with Gasteiger partial charge >= 0.3 is 0 Å². The van der Waals surface area contributed by atoms with Crippen molar-refractivity contribution in [1.82, 2.24) is 5.32 Å². The average molecular weight is 139 g/mol. The Bertz CT molecular complexity index is 107. The highest BCUT2D eigenvalue weighted by atomic mass is 14.9. The maximum Gasteiger partial charge on any atom is 0.00671 e. The molecule has 1 atom stereocenters. The number of allylic oxidation sites excluding steroid dienone is 2. The highest BCUT2D eigenvalue weighted by Gasteiger charge is 2.04. The lowest BCUT2D eigenvalue weighted by Crippen LogP contribution is -2.24. The lowest BCUT2D eigenvalue weighted by Gasteiger charge is -2.15. The minimum Gasteiger partial charge on any atom is -0.317 e. The third-order valence-corrected chi connectivity index (χ3v) is 2.18. The zero-order valence-corrected chi connectivity index (χ0v) is 6.77. The summed E-state index contributed by atoms with van der Waals surface area (Å²) in [6, 6.07) is 0.768. The fourth-order valence-corrected chi connectivity index (χ4v) is 1.45. The molecule has 0 aromatic rings. The zero-order valence-electron chi connectivity index (χ0n) is 6.77. The molecule has 0 aromatic carbocycles. The van der Waals surface area contributed by atoms with E-state index in [1.807, 2.05) is 0 Å². The summed E-state index contributed by atoms with van der Waals surface area (Å²) in [6.07, 6.45) is 11.2. The summed E-state index contributed by atoms with van der Waals surface area (Å²) in [5, 5.41) is 3.34. The van der Waals surface area contributed by atoms with Gasteiger partial charge < -0.3 is 5.32 Å². The first kappa shape index (κ1) is 7.80. The van der Waals surface area contributed by atoms with Crippen molar-refractivity contribution in [2.75, 3.05) is 7.05 Å². The molecule has 1 aliphatic rings. The molecule has 0 fully saturated rings. The van der Waals surface area contributed by atoms with Crippen LogP contribution in [0.15, 0.2) is 12.2 Å². The van der Waals surface area contributed by atoms with Gasteiger partial charge in [-0.25, -0.2) is 0 Å². The van der Waals surface area contributed by atoms with Gasteiger partial charge in [-0.1, -0.05) is 12.2 Å². The minimum atomic E-state index is 0.768. The normalized spacial score (nSPS) is 30.7. The zero-order chi connectivity index (χ0) is 7.23. The van der Waals surface area contributed by atoms with E-state index in [1.54, 1.807) is 0 Å². The quantitative estimate of drug-likeness (QED) is 0.548. The Hall–Kier alpha value is -0.300. The third-order valence-electron chi connectivity index (χ3n) is 2.18. The van der Waals surface area contributed by atoms with Crippen LogP contribution in [-0.2, 0) is 0 Å². The van der Waals surface area contributed by atoms with E-state index in [4.69, 9.17) is 0 Å². The van der Waals surface area contributed by atoms with Gasteiger partial charge in [0.15, 0.2) is 0 Å². The van der Waals surface area contributed by atoms with Crippen LogP contribution in [0.1, 0.15) is 32.1 Å². The van der Waals surface area contributed by atoms with E-state index >= 15 is 0 Å². The second-order valence-electron chi connectivity index (χ2n) is 2.97. The molecule has 1 N–H and O–H groups in total. The molecule has 0 spiro atoms. The van der Waals surface area contributed by atoms with Gasteiger partial charge in [-0.05, 0) is 39.2 Å². The number of hydrogen-bond acceptors (Lipinski definition) is 1. The van der Waals surface area contributed by atoms with E-state index in [2.05, 4.69) is 24.5 Å². The fourth-order valence-electron chi connectivity index (χ4n) is 1.45. The summed E-state index contributed by atoms with van der Waals surface area (Å²) in [4.78, 5) is 0. The second-order valence-corrected chi connectivity index (χ2v) is 2.97. The van der Waals surface area contributed by atoms with Gasteiger partial charge in [0.05, 0.1) is 0 Å². The van der Waals surface area contributed by atoms with Crippen LogP contribution in [0.5, 0.6) is 0 Å². The summed E-state index contributed by atoms with van der Waals surface area (Å²) >= 11 is 0. The lowest BCUT2D eigenvalue weighted by molar-refractivity contribution is 0.473. The Morgan fingerprint density at radius 3 is 2.80 bits per heavy atom. The van der Waals surface area contributed by atoms with E-state index in [-0.39, 0.29) is 0 Å². The van der Waals surface area contributed by atoms with Crippen molar-refractivity contribution in [3.8, 4) is 0 Å². The molecule has 1 nitrogen and oxygen atoms in total. The highest BCUT2D eigenvalue weighted by molar-refractivity contribution is 4.86. The number of nitrogens with one attached hydrogen (secondary N) is 1. The van der Waals surface area contributed by atoms with E-state index in [9.17, 15) is 0 Å². The Kier molecular flexibility index (Phi) is 3.52. The SMILES string of the molecule is CN[C@@H]1CC/C=C\CCC1. The van der Waals surface area contributed by atoms with Gasteiger partial charge in [-0.2, -0.15) is 0 Å². The van der Waals surface area contributed by atoms with Gasteiger partial charge in [0.1, 0.15) is 0 Å². The summed E-state index contributed by atoms with van der Waals surface area (Å²) < 4.78 is 0. The van der Waals surface area contributed by atoms with Gasteiger partial charge in [-0.15, -0.1) is 0 Å². The van der Waals surface area contributed by atoms with Crippen LogP contribution in [0, 0.1) is 0 Å². The first-order valence-corrected chi connectivity index (χ1v) is 4.26. The van der Waals surface area contributed by atoms with E-state index in [0.717, 1.165) is 6.04 Å². The lowest BCUT2D eigenvalue weighted by atomic mass is 10.0. The van der Waals surface area contributed by atoms with Crippen molar-refractivity contribution in [2.45, 2.75) is 38.1 Å². The Morgan fingerprint density at radius 1 is 1.20 bits per heavy atom. The molecule has 1 heteroatoms. The van der Waals surface area contributed by atoms with Crippen LogP contribution in [-0.4, -0.2) is 13.1 Å². The molecule has 0 heterocycles. The standard InChI is InChI=1S/C9H17N/c1-10-9-7-5-3-2-4-6-8-9/h2-3,9-10H,4-8H2,1H3/b3-2-/t9-/m1/s1. The van der Waals surface area contributed by atoms with E-state index in [1.165, 1.54) is 32.1 Å².